The molecule has 34 heavy (non-hydrogen) atoms. The maximum absolute atomic E-state index is 13.4. The van der Waals surface area contributed by atoms with Crippen molar-refractivity contribution in [2.24, 2.45) is 5.92 Å². The van der Waals surface area contributed by atoms with Crippen LogP contribution in [0.1, 0.15) is 35.7 Å². The summed E-state index contributed by atoms with van der Waals surface area (Å²) in [5.41, 5.74) is 4.04. The van der Waals surface area contributed by atoms with Gasteiger partial charge < -0.3 is 5.32 Å². The molecule has 4 nitrogen and oxygen atoms in total. The number of pyridine rings is 1. The van der Waals surface area contributed by atoms with Crippen LogP contribution < -0.4 is 5.32 Å². The van der Waals surface area contributed by atoms with E-state index in [-0.39, 0.29) is 17.9 Å². The molecule has 1 aliphatic rings. The third kappa shape index (κ3) is 5.30. The molecule has 0 radical (unpaired) electrons. The molecule has 4 aromatic rings. The van der Waals surface area contributed by atoms with E-state index in [0.29, 0.717) is 0 Å². The molecule has 1 fully saturated rings. The number of nitrogens with one attached hydrogen (secondary N) is 1. The first-order valence-electron chi connectivity index (χ1n) is 11.8. The van der Waals surface area contributed by atoms with E-state index in [1.165, 1.54) is 5.56 Å². The third-order valence-electron chi connectivity index (χ3n) is 6.59. The van der Waals surface area contributed by atoms with Crippen molar-refractivity contribution in [2.45, 2.75) is 25.4 Å². The van der Waals surface area contributed by atoms with Gasteiger partial charge in [-0.1, -0.05) is 78.3 Å². The maximum atomic E-state index is 13.4. The van der Waals surface area contributed by atoms with Crippen molar-refractivity contribution >= 4 is 28.4 Å². The van der Waals surface area contributed by atoms with Crippen LogP contribution in [0.15, 0.2) is 91.0 Å². The molecular formula is C29H28ClN3O. The second kappa shape index (κ2) is 10.4. The Balaban J connectivity index is 1.28. The summed E-state index contributed by atoms with van der Waals surface area (Å²) in [7, 11) is 0. The van der Waals surface area contributed by atoms with Gasteiger partial charge in [0.15, 0.2) is 0 Å². The molecule has 1 amide bonds. The number of halogens is 1. The van der Waals surface area contributed by atoms with E-state index in [4.69, 9.17) is 16.6 Å². The predicted molar refractivity (Wildman–Crippen MR) is 138 cm³/mol. The second-order valence-electron chi connectivity index (χ2n) is 8.96. The van der Waals surface area contributed by atoms with E-state index in [9.17, 15) is 4.79 Å². The van der Waals surface area contributed by atoms with E-state index < -0.39 is 0 Å². The van der Waals surface area contributed by atoms with Crippen LogP contribution in [0.2, 0.25) is 5.02 Å². The fraction of sp³-hybridized carbons (Fsp3) is 0.241. The number of carbonyl (C=O) groups excluding carboxylic acids is 1. The smallest absolute Gasteiger partial charge is 0.224 e. The number of benzene rings is 3. The standard InChI is InChI=1S/C29H28ClN3O/c30-25-11-6-7-21(19-25)20-33-17-15-24(16-18-33)29(34)32-28(23-9-2-1-3-10-23)27-14-13-22-8-4-5-12-26(22)31-27/h1-14,19,24,28H,15-18,20H2,(H,32,34). The lowest BCUT2D eigenvalue weighted by molar-refractivity contribution is -0.127. The monoisotopic (exact) mass is 469 g/mol. The Kier molecular flexibility index (Phi) is 6.89. The predicted octanol–water partition coefficient (Wildman–Crippen LogP) is 6.01. The van der Waals surface area contributed by atoms with Crippen LogP contribution in [0.25, 0.3) is 10.9 Å². The van der Waals surface area contributed by atoms with E-state index in [1.54, 1.807) is 0 Å². The van der Waals surface area contributed by atoms with Crippen molar-refractivity contribution in [1.29, 1.82) is 0 Å². The van der Waals surface area contributed by atoms with E-state index >= 15 is 0 Å². The largest absolute Gasteiger partial charge is 0.343 e. The van der Waals surface area contributed by atoms with Crippen LogP contribution in [0.3, 0.4) is 0 Å². The molecule has 1 N–H and O–H groups in total. The van der Waals surface area contributed by atoms with Crippen LogP contribution in [0, 0.1) is 5.92 Å². The Morgan fingerprint density at radius 3 is 2.50 bits per heavy atom. The molecule has 1 unspecified atom stereocenters. The number of likely N-dealkylation sites (tertiary alicyclic amines) is 1. The molecule has 2 heterocycles. The Morgan fingerprint density at radius 2 is 1.71 bits per heavy atom. The SMILES string of the molecule is O=C(NC(c1ccccc1)c1ccc2ccccc2n1)C1CCN(Cc2cccc(Cl)c2)CC1. The molecule has 1 saturated heterocycles. The van der Waals surface area contributed by atoms with E-state index in [2.05, 4.69) is 40.5 Å². The molecule has 1 aliphatic heterocycles. The lowest BCUT2D eigenvalue weighted by atomic mass is 9.94. The van der Waals surface area contributed by atoms with Gasteiger partial charge in [0.25, 0.3) is 0 Å². The van der Waals surface area contributed by atoms with Crippen molar-refractivity contribution in [2.75, 3.05) is 13.1 Å². The van der Waals surface area contributed by atoms with Gasteiger partial charge in [0.05, 0.1) is 17.3 Å². The molecule has 0 saturated carbocycles. The highest BCUT2D eigenvalue weighted by molar-refractivity contribution is 6.30. The summed E-state index contributed by atoms with van der Waals surface area (Å²) in [4.78, 5) is 20.6. The second-order valence-corrected chi connectivity index (χ2v) is 9.40. The molecule has 172 valence electrons. The lowest BCUT2D eigenvalue weighted by Crippen LogP contribution is -2.41. The van der Waals surface area contributed by atoms with Gasteiger partial charge in [0.1, 0.15) is 0 Å². The van der Waals surface area contributed by atoms with Crippen LogP contribution in [0.5, 0.6) is 0 Å². The molecule has 5 heteroatoms. The van der Waals surface area contributed by atoms with Gasteiger partial charge in [-0.3, -0.25) is 14.7 Å². The number of para-hydroxylation sites is 1. The van der Waals surface area contributed by atoms with Gasteiger partial charge in [-0.25, -0.2) is 0 Å². The Labute approximate surface area is 205 Å². The minimum absolute atomic E-state index is 0.00211. The number of aromatic nitrogens is 1. The van der Waals surface area contributed by atoms with Gasteiger partial charge >= 0.3 is 0 Å². The number of hydrogen-bond donors (Lipinski definition) is 1. The minimum Gasteiger partial charge on any atom is -0.343 e. The zero-order chi connectivity index (χ0) is 23.3. The number of hydrogen-bond acceptors (Lipinski definition) is 3. The van der Waals surface area contributed by atoms with Crippen molar-refractivity contribution < 1.29 is 4.79 Å². The molecule has 1 atom stereocenters. The van der Waals surface area contributed by atoms with Crippen LogP contribution in [-0.2, 0) is 11.3 Å². The van der Waals surface area contributed by atoms with Crippen LogP contribution in [-0.4, -0.2) is 28.9 Å². The Hall–Kier alpha value is -3.21. The van der Waals surface area contributed by atoms with Crippen molar-refractivity contribution in [1.82, 2.24) is 15.2 Å². The molecule has 1 aromatic heterocycles. The van der Waals surface area contributed by atoms with Gasteiger partial charge in [0, 0.05) is 22.9 Å². The Bertz CT molecular complexity index is 1270. The number of rotatable bonds is 6. The maximum Gasteiger partial charge on any atom is 0.224 e. The first-order chi connectivity index (χ1) is 16.7. The number of carbonyl (C=O) groups is 1. The third-order valence-corrected chi connectivity index (χ3v) is 6.82. The van der Waals surface area contributed by atoms with Crippen molar-refractivity contribution in [3.05, 3.63) is 113 Å². The fourth-order valence-electron chi connectivity index (χ4n) is 4.72. The average molecular weight is 470 g/mol. The summed E-state index contributed by atoms with van der Waals surface area (Å²) < 4.78 is 0. The average Bonchev–Trinajstić information content (AvgIpc) is 2.88. The first-order valence-corrected chi connectivity index (χ1v) is 12.2. The highest BCUT2D eigenvalue weighted by atomic mass is 35.5. The first kappa shape index (κ1) is 22.6. The zero-order valence-corrected chi connectivity index (χ0v) is 19.8. The van der Waals surface area contributed by atoms with Crippen molar-refractivity contribution in [3.63, 3.8) is 0 Å². The molecule has 0 aliphatic carbocycles. The van der Waals surface area contributed by atoms with Gasteiger partial charge in [-0.15, -0.1) is 0 Å². The van der Waals surface area contributed by atoms with Gasteiger partial charge in [-0.05, 0) is 61.3 Å². The van der Waals surface area contributed by atoms with Crippen LogP contribution in [0.4, 0.5) is 0 Å². The number of piperidine rings is 1. The fourth-order valence-corrected chi connectivity index (χ4v) is 4.94. The van der Waals surface area contributed by atoms with Gasteiger partial charge in [0.2, 0.25) is 5.91 Å². The topological polar surface area (TPSA) is 45.2 Å². The molecule has 3 aromatic carbocycles. The summed E-state index contributed by atoms with van der Waals surface area (Å²) in [5, 5.41) is 5.18. The van der Waals surface area contributed by atoms with E-state index in [0.717, 1.165) is 59.7 Å². The number of amides is 1. The van der Waals surface area contributed by atoms with E-state index in [1.807, 2.05) is 60.7 Å². The van der Waals surface area contributed by atoms with Crippen molar-refractivity contribution in [3.8, 4) is 0 Å². The Morgan fingerprint density at radius 1 is 0.941 bits per heavy atom. The summed E-state index contributed by atoms with van der Waals surface area (Å²) in [6, 6.07) is 30.0. The highest BCUT2D eigenvalue weighted by Gasteiger charge is 2.28. The minimum atomic E-state index is -0.275. The molecule has 0 spiro atoms. The molecular weight excluding hydrogens is 442 g/mol. The molecule has 5 rings (SSSR count). The summed E-state index contributed by atoms with van der Waals surface area (Å²) >= 11 is 6.13. The normalized spacial score (nSPS) is 15.8. The number of nitrogens with zero attached hydrogens (tertiary/aromatic N) is 2. The summed E-state index contributed by atoms with van der Waals surface area (Å²) in [5.74, 6) is 0.105. The highest BCUT2D eigenvalue weighted by Crippen LogP contribution is 2.26. The quantitative estimate of drug-likeness (QED) is 0.376. The lowest BCUT2D eigenvalue weighted by Gasteiger charge is -2.32. The summed E-state index contributed by atoms with van der Waals surface area (Å²) in [6.07, 6.45) is 1.69. The number of fused-ring (bicyclic) bond motifs is 1. The molecule has 0 bridgehead atoms. The zero-order valence-electron chi connectivity index (χ0n) is 19.0. The van der Waals surface area contributed by atoms with Gasteiger partial charge in [-0.2, -0.15) is 0 Å². The van der Waals surface area contributed by atoms with Crippen LogP contribution >= 0.6 is 11.6 Å². The summed E-state index contributed by atoms with van der Waals surface area (Å²) in [6.45, 7) is 2.66.